The summed E-state index contributed by atoms with van der Waals surface area (Å²) in [6.45, 7) is 3.56. The van der Waals surface area contributed by atoms with E-state index in [9.17, 15) is 4.79 Å². The molecule has 1 saturated heterocycles. The predicted octanol–water partition coefficient (Wildman–Crippen LogP) is 1.29. The Balaban J connectivity index is 1.88. The summed E-state index contributed by atoms with van der Waals surface area (Å²) in [7, 11) is 4.08. The number of carbonyl (C=O) groups is 1. The van der Waals surface area contributed by atoms with Crippen LogP contribution in [0.25, 0.3) is 0 Å². The lowest BCUT2D eigenvalue weighted by Crippen LogP contribution is -2.28. The molecule has 1 aromatic rings. The summed E-state index contributed by atoms with van der Waals surface area (Å²) in [5, 5.41) is 3.28. The summed E-state index contributed by atoms with van der Waals surface area (Å²) in [4.78, 5) is 20.3. The molecule has 0 aromatic carbocycles. The molecule has 19 heavy (non-hydrogen) atoms. The van der Waals surface area contributed by atoms with Gasteiger partial charge in [-0.25, -0.2) is 4.98 Å². The van der Waals surface area contributed by atoms with Crippen LogP contribution in [0, 0.1) is 0 Å². The molecule has 1 fully saturated rings. The molecule has 0 saturated carbocycles. The molecule has 1 aliphatic rings. The van der Waals surface area contributed by atoms with Gasteiger partial charge in [-0.15, -0.1) is 0 Å². The van der Waals surface area contributed by atoms with Crippen LogP contribution in [0.15, 0.2) is 18.3 Å². The van der Waals surface area contributed by atoms with E-state index < -0.39 is 0 Å². The van der Waals surface area contributed by atoms with E-state index in [1.807, 2.05) is 25.1 Å². The Hall–Kier alpha value is -1.62. The van der Waals surface area contributed by atoms with E-state index in [-0.39, 0.29) is 5.91 Å². The van der Waals surface area contributed by atoms with Crippen molar-refractivity contribution < 1.29 is 4.79 Å². The number of anilines is 1. The largest absolute Gasteiger partial charge is 0.383 e. The topological polar surface area (TPSA) is 48.5 Å². The molecule has 0 unspecified atom stereocenters. The van der Waals surface area contributed by atoms with E-state index in [0.717, 1.165) is 44.7 Å². The average molecular weight is 262 g/mol. The van der Waals surface area contributed by atoms with E-state index in [2.05, 4.69) is 15.2 Å². The highest BCUT2D eigenvalue weighted by molar-refractivity contribution is 5.92. The zero-order valence-electron chi connectivity index (χ0n) is 11.7. The number of nitrogens with one attached hydrogen (secondary N) is 1. The molecule has 2 heterocycles. The van der Waals surface area contributed by atoms with Crippen molar-refractivity contribution >= 4 is 11.6 Å². The third-order valence-corrected chi connectivity index (χ3v) is 3.26. The first kappa shape index (κ1) is 13.8. The summed E-state index contributed by atoms with van der Waals surface area (Å²) >= 11 is 0. The maximum atomic E-state index is 12.1. The van der Waals surface area contributed by atoms with Crippen LogP contribution in [0.1, 0.15) is 23.3 Å². The number of hydrogen-bond donors (Lipinski definition) is 1. The van der Waals surface area contributed by atoms with Crippen molar-refractivity contribution in [2.75, 3.05) is 45.6 Å². The highest BCUT2D eigenvalue weighted by Gasteiger charge is 2.20. The van der Waals surface area contributed by atoms with Gasteiger partial charge in [-0.05, 0) is 39.1 Å². The number of carbonyl (C=O) groups excluding carboxylic acids is 1. The molecule has 1 N–H and O–H groups in total. The first-order valence-corrected chi connectivity index (χ1v) is 6.81. The standard InChI is InChI=1S/C14H22N4O/c1-17(2)10-7-15-12-5-6-13(16-11-12)14(19)18-8-3-4-9-18/h5-6,11,15H,3-4,7-10H2,1-2H3. The van der Waals surface area contributed by atoms with Crippen LogP contribution in [0.3, 0.4) is 0 Å². The second-order valence-electron chi connectivity index (χ2n) is 5.16. The molecular formula is C14H22N4O. The highest BCUT2D eigenvalue weighted by atomic mass is 16.2. The van der Waals surface area contributed by atoms with E-state index in [1.54, 1.807) is 12.3 Å². The van der Waals surface area contributed by atoms with Crippen LogP contribution >= 0.6 is 0 Å². The Kier molecular flexibility index (Phi) is 4.74. The summed E-state index contributed by atoms with van der Waals surface area (Å²) in [6.07, 6.45) is 3.95. The SMILES string of the molecule is CN(C)CCNc1ccc(C(=O)N2CCCC2)nc1. The average Bonchev–Trinajstić information content (AvgIpc) is 2.92. The maximum absolute atomic E-state index is 12.1. The molecule has 0 spiro atoms. The van der Waals surface area contributed by atoms with Gasteiger partial charge < -0.3 is 15.1 Å². The molecule has 2 rings (SSSR count). The highest BCUT2D eigenvalue weighted by Crippen LogP contribution is 2.13. The van der Waals surface area contributed by atoms with Gasteiger partial charge in [-0.3, -0.25) is 4.79 Å². The van der Waals surface area contributed by atoms with Gasteiger partial charge in [0.2, 0.25) is 0 Å². The van der Waals surface area contributed by atoms with E-state index >= 15 is 0 Å². The smallest absolute Gasteiger partial charge is 0.272 e. The number of aromatic nitrogens is 1. The molecule has 0 radical (unpaired) electrons. The molecule has 5 nitrogen and oxygen atoms in total. The van der Waals surface area contributed by atoms with Gasteiger partial charge in [0.25, 0.3) is 5.91 Å². The van der Waals surface area contributed by atoms with Crippen LogP contribution in [-0.4, -0.2) is 61.0 Å². The fourth-order valence-corrected chi connectivity index (χ4v) is 2.13. The Morgan fingerprint density at radius 1 is 1.37 bits per heavy atom. The lowest BCUT2D eigenvalue weighted by Gasteiger charge is -2.15. The van der Waals surface area contributed by atoms with Crippen molar-refractivity contribution in [2.45, 2.75) is 12.8 Å². The lowest BCUT2D eigenvalue weighted by atomic mass is 10.3. The molecular weight excluding hydrogens is 240 g/mol. The number of rotatable bonds is 5. The number of hydrogen-bond acceptors (Lipinski definition) is 4. The van der Waals surface area contributed by atoms with Gasteiger partial charge in [0.05, 0.1) is 11.9 Å². The number of nitrogens with zero attached hydrogens (tertiary/aromatic N) is 3. The van der Waals surface area contributed by atoms with E-state index in [4.69, 9.17) is 0 Å². The van der Waals surface area contributed by atoms with Crippen molar-refractivity contribution in [3.8, 4) is 0 Å². The van der Waals surface area contributed by atoms with Gasteiger partial charge in [-0.2, -0.15) is 0 Å². The molecule has 1 aromatic heterocycles. The minimum absolute atomic E-state index is 0.0531. The first-order chi connectivity index (χ1) is 9.16. The molecule has 5 heteroatoms. The number of likely N-dealkylation sites (tertiary alicyclic amines) is 1. The monoisotopic (exact) mass is 262 g/mol. The minimum atomic E-state index is 0.0531. The van der Waals surface area contributed by atoms with Gasteiger partial charge in [0.15, 0.2) is 0 Å². The fourth-order valence-electron chi connectivity index (χ4n) is 2.13. The lowest BCUT2D eigenvalue weighted by molar-refractivity contribution is 0.0787. The van der Waals surface area contributed by atoms with Gasteiger partial charge in [0, 0.05) is 26.2 Å². The third-order valence-electron chi connectivity index (χ3n) is 3.26. The summed E-state index contributed by atoms with van der Waals surface area (Å²) in [5.41, 5.74) is 1.50. The Morgan fingerprint density at radius 3 is 2.68 bits per heavy atom. The van der Waals surface area contributed by atoms with Crippen molar-refractivity contribution in [1.82, 2.24) is 14.8 Å². The quantitative estimate of drug-likeness (QED) is 0.868. The normalized spacial score (nSPS) is 15.0. The number of amides is 1. The van der Waals surface area contributed by atoms with Gasteiger partial charge >= 0.3 is 0 Å². The van der Waals surface area contributed by atoms with Crippen LogP contribution in [0.4, 0.5) is 5.69 Å². The zero-order chi connectivity index (χ0) is 13.7. The second-order valence-corrected chi connectivity index (χ2v) is 5.16. The molecule has 104 valence electrons. The van der Waals surface area contributed by atoms with Crippen LogP contribution in [-0.2, 0) is 0 Å². The molecule has 1 aliphatic heterocycles. The van der Waals surface area contributed by atoms with Gasteiger partial charge in [-0.1, -0.05) is 0 Å². The maximum Gasteiger partial charge on any atom is 0.272 e. The van der Waals surface area contributed by atoms with Gasteiger partial charge in [0.1, 0.15) is 5.69 Å². The number of pyridine rings is 1. The number of likely N-dealkylation sites (N-methyl/N-ethyl adjacent to an activating group) is 1. The Bertz CT molecular complexity index is 410. The molecule has 0 atom stereocenters. The zero-order valence-corrected chi connectivity index (χ0v) is 11.7. The Morgan fingerprint density at radius 2 is 2.11 bits per heavy atom. The Labute approximate surface area is 114 Å². The summed E-state index contributed by atoms with van der Waals surface area (Å²) in [6, 6.07) is 3.73. The summed E-state index contributed by atoms with van der Waals surface area (Å²) < 4.78 is 0. The van der Waals surface area contributed by atoms with Crippen molar-refractivity contribution in [1.29, 1.82) is 0 Å². The molecule has 0 aliphatic carbocycles. The predicted molar refractivity (Wildman–Crippen MR) is 76.4 cm³/mol. The van der Waals surface area contributed by atoms with E-state index in [1.165, 1.54) is 0 Å². The van der Waals surface area contributed by atoms with Crippen LogP contribution < -0.4 is 5.32 Å². The first-order valence-electron chi connectivity index (χ1n) is 6.81. The fraction of sp³-hybridized carbons (Fsp3) is 0.571. The molecule has 0 bridgehead atoms. The van der Waals surface area contributed by atoms with Crippen molar-refractivity contribution in [2.24, 2.45) is 0 Å². The van der Waals surface area contributed by atoms with Crippen molar-refractivity contribution in [3.63, 3.8) is 0 Å². The van der Waals surface area contributed by atoms with Crippen LogP contribution in [0.5, 0.6) is 0 Å². The van der Waals surface area contributed by atoms with Crippen LogP contribution in [0.2, 0.25) is 0 Å². The molecule has 1 amide bonds. The minimum Gasteiger partial charge on any atom is -0.383 e. The van der Waals surface area contributed by atoms with Crippen molar-refractivity contribution in [3.05, 3.63) is 24.0 Å². The second kappa shape index (κ2) is 6.52. The van der Waals surface area contributed by atoms with E-state index in [0.29, 0.717) is 5.69 Å². The summed E-state index contributed by atoms with van der Waals surface area (Å²) in [5.74, 6) is 0.0531. The third kappa shape index (κ3) is 3.92.